The fourth-order valence-corrected chi connectivity index (χ4v) is 3.14. The highest BCUT2D eigenvalue weighted by atomic mass is 35.5. The first kappa shape index (κ1) is 19.2. The summed E-state index contributed by atoms with van der Waals surface area (Å²) < 4.78 is 7.94. The fourth-order valence-electron chi connectivity index (χ4n) is 3.02. The molecule has 1 amide bonds. The topological polar surface area (TPSA) is 46.8 Å². The van der Waals surface area contributed by atoms with E-state index >= 15 is 0 Å². The van der Waals surface area contributed by atoms with E-state index in [9.17, 15) is 4.79 Å². The lowest BCUT2D eigenvalue weighted by molar-refractivity contribution is -0.121. The van der Waals surface area contributed by atoms with Crippen molar-refractivity contribution in [1.29, 1.82) is 0 Å². The molecule has 0 N–H and O–H groups in total. The number of nitrogens with zero attached hydrogens (tertiary/aromatic N) is 3. The van der Waals surface area contributed by atoms with Gasteiger partial charge in [0.05, 0.1) is 5.69 Å². The zero-order valence-corrected chi connectivity index (χ0v) is 16.8. The van der Waals surface area contributed by atoms with Crippen molar-refractivity contribution in [2.45, 2.75) is 33.8 Å². The van der Waals surface area contributed by atoms with Gasteiger partial charge in [0.25, 0.3) is 0 Å². The van der Waals surface area contributed by atoms with E-state index < -0.39 is 0 Å². The van der Waals surface area contributed by atoms with E-state index in [1.807, 2.05) is 67.8 Å². The van der Waals surface area contributed by atoms with Crippen molar-refractivity contribution >= 4 is 29.0 Å². The Labute approximate surface area is 164 Å². The molecule has 0 aliphatic rings. The van der Waals surface area contributed by atoms with Gasteiger partial charge in [-0.2, -0.15) is 0 Å². The maximum absolute atomic E-state index is 12.5. The van der Waals surface area contributed by atoms with Crippen molar-refractivity contribution in [1.82, 2.24) is 9.38 Å². The monoisotopic (exact) mass is 385 g/mol. The number of amides is 1. The molecule has 0 saturated heterocycles. The number of hydrogen-bond donors (Lipinski definition) is 0. The number of hydrogen-bond acceptors (Lipinski definition) is 3. The number of aromatic nitrogens is 2. The summed E-state index contributed by atoms with van der Waals surface area (Å²) in [7, 11) is 1.80. The molecule has 2 aromatic heterocycles. The van der Waals surface area contributed by atoms with Gasteiger partial charge in [-0.05, 0) is 36.2 Å². The van der Waals surface area contributed by atoms with Crippen molar-refractivity contribution < 1.29 is 9.53 Å². The molecule has 3 rings (SSSR count). The molecule has 0 aliphatic heterocycles. The van der Waals surface area contributed by atoms with Crippen LogP contribution in [0.5, 0.6) is 5.75 Å². The highest BCUT2D eigenvalue weighted by Crippen LogP contribution is 2.29. The lowest BCUT2D eigenvalue weighted by atomic mass is 10.2. The van der Waals surface area contributed by atoms with Crippen LogP contribution < -0.4 is 9.64 Å². The minimum Gasteiger partial charge on any atom is -0.485 e. The lowest BCUT2D eigenvalue weighted by Crippen LogP contribution is -2.31. The van der Waals surface area contributed by atoms with Gasteiger partial charge in [0.2, 0.25) is 5.91 Å². The second-order valence-electron chi connectivity index (χ2n) is 6.77. The second kappa shape index (κ2) is 8.01. The van der Waals surface area contributed by atoms with Crippen LogP contribution in [0.4, 0.5) is 5.82 Å². The summed E-state index contributed by atoms with van der Waals surface area (Å²) in [5.74, 6) is 1.44. The molecule has 3 aromatic rings. The lowest BCUT2D eigenvalue weighted by Gasteiger charge is -2.20. The molecular formula is C21H24ClN3O2. The fraction of sp³-hybridized carbons (Fsp3) is 0.333. The number of rotatable bonds is 6. The Balaban J connectivity index is 1.96. The van der Waals surface area contributed by atoms with Gasteiger partial charge in [0, 0.05) is 24.2 Å². The highest BCUT2D eigenvalue weighted by Gasteiger charge is 2.23. The summed E-state index contributed by atoms with van der Waals surface area (Å²) in [5.41, 5.74) is 2.60. The normalized spacial score (nSPS) is 11.2. The van der Waals surface area contributed by atoms with E-state index in [1.54, 1.807) is 11.9 Å². The summed E-state index contributed by atoms with van der Waals surface area (Å²) in [6.07, 6.45) is 2.64. The van der Waals surface area contributed by atoms with Gasteiger partial charge in [-0.25, -0.2) is 4.98 Å². The largest absolute Gasteiger partial charge is 0.485 e. The van der Waals surface area contributed by atoms with Crippen LogP contribution in [0.1, 0.15) is 32.0 Å². The van der Waals surface area contributed by atoms with Crippen molar-refractivity contribution in [3.8, 4) is 5.75 Å². The SMILES string of the molecule is CCc1nc2c(OCc3ccc(Cl)cc3)cccn2c1N(C)C(=O)C(C)C. The highest BCUT2D eigenvalue weighted by molar-refractivity contribution is 6.30. The van der Waals surface area contributed by atoms with E-state index in [4.69, 9.17) is 21.3 Å². The number of anilines is 1. The third kappa shape index (κ3) is 3.93. The number of carbonyl (C=O) groups is 1. The molecule has 0 fully saturated rings. The molecule has 0 aliphatic carbocycles. The van der Waals surface area contributed by atoms with Gasteiger partial charge in [-0.15, -0.1) is 0 Å². The molecule has 0 radical (unpaired) electrons. The first-order valence-electron chi connectivity index (χ1n) is 9.07. The quantitative estimate of drug-likeness (QED) is 0.615. The van der Waals surface area contributed by atoms with Gasteiger partial charge in [0.15, 0.2) is 11.4 Å². The summed E-state index contributed by atoms with van der Waals surface area (Å²) in [6, 6.07) is 11.4. The number of carbonyl (C=O) groups excluding carboxylic acids is 1. The number of aryl methyl sites for hydroxylation is 1. The van der Waals surface area contributed by atoms with Crippen LogP contribution in [0, 0.1) is 5.92 Å². The molecule has 27 heavy (non-hydrogen) atoms. The van der Waals surface area contributed by atoms with Crippen LogP contribution in [0.25, 0.3) is 5.65 Å². The summed E-state index contributed by atoms with van der Waals surface area (Å²) in [5, 5.41) is 0.698. The van der Waals surface area contributed by atoms with E-state index in [1.165, 1.54) is 0 Å². The number of fused-ring (bicyclic) bond motifs is 1. The zero-order valence-electron chi connectivity index (χ0n) is 16.1. The van der Waals surface area contributed by atoms with E-state index in [-0.39, 0.29) is 11.8 Å². The van der Waals surface area contributed by atoms with Gasteiger partial charge in [0.1, 0.15) is 12.4 Å². The number of halogens is 1. The minimum absolute atomic E-state index is 0.0546. The summed E-state index contributed by atoms with van der Waals surface area (Å²) in [6.45, 7) is 6.25. The van der Waals surface area contributed by atoms with Crippen molar-refractivity contribution in [3.63, 3.8) is 0 Å². The number of ether oxygens (including phenoxy) is 1. The maximum atomic E-state index is 12.5. The molecule has 0 saturated carbocycles. The number of pyridine rings is 1. The van der Waals surface area contributed by atoms with Crippen LogP contribution >= 0.6 is 11.6 Å². The Bertz CT molecular complexity index is 948. The second-order valence-corrected chi connectivity index (χ2v) is 7.21. The van der Waals surface area contributed by atoms with Gasteiger partial charge in [-0.3, -0.25) is 14.1 Å². The Morgan fingerprint density at radius 2 is 1.96 bits per heavy atom. The Morgan fingerprint density at radius 1 is 1.26 bits per heavy atom. The molecule has 142 valence electrons. The zero-order chi connectivity index (χ0) is 19.6. The molecule has 1 aromatic carbocycles. The molecule has 5 nitrogen and oxygen atoms in total. The van der Waals surface area contributed by atoms with Crippen LogP contribution in [-0.2, 0) is 17.8 Å². The Hall–Kier alpha value is -2.53. The van der Waals surface area contributed by atoms with E-state index in [2.05, 4.69) is 0 Å². The number of imidazole rings is 1. The summed E-state index contributed by atoms with van der Waals surface area (Å²) in [4.78, 5) is 18.9. The van der Waals surface area contributed by atoms with Crippen LogP contribution in [0.3, 0.4) is 0 Å². The summed E-state index contributed by atoms with van der Waals surface area (Å²) >= 11 is 5.93. The van der Waals surface area contributed by atoms with Gasteiger partial charge in [-0.1, -0.05) is 44.5 Å². The molecular weight excluding hydrogens is 362 g/mol. The third-order valence-electron chi connectivity index (χ3n) is 4.44. The molecule has 0 spiro atoms. The van der Waals surface area contributed by atoms with Crippen molar-refractivity contribution in [3.05, 3.63) is 58.9 Å². The third-order valence-corrected chi connectivity index (χ3v) is 4.70. The van der Waals surface area contributed by atoms with Gasteiger partial charge < -0.3 is 4.74 Å². The first-order valence-corrected chi connectivity index (χ1v) is 9.45. The Morgan fingerprint density at radius 3 is 2.59 bits per heavy atom. The predicted molar refractivity (Wildman–Crippen MR) is 109 cm³/mol. The molecule has 0 unspecified atom stereocenters. The average Bonchev–Trinajstić information content (AvgIpc) is 3.05. The first-order chi connectivity index (χ1) is 12.9. The average molecular weight is 386 g/mol. The number of benzene rings is 1. The van der Waals surface area contributed by atoms with Crippen molar-refractivity contribution in [2.24, 2.45) is 5.92 Å². The van der Waals surface area contributed by atoms with Crippen molar-refractivity contribution in [2.75, 3.05) is 11.9 Å². The maximum Gasteiger partial charge on any atom is 0.230 e. The molecule has 0 bridgehead atoms. The minimum atomic E-state index is -0.0883. The standard InChI is InChI=1S/C21H24ClN3O2/c1-5-17-20(24(4)21(26)14(2)3)25-12-6-7-18(19(25)23-17)27-13-15-8-10-16(22)11-9-15/h6-12,14H,5,13H2,1-4H3. The van der Waals surface area contributed by atoms with E-state index in [0.29, 0.717) is 23.0 Å². The smallest absolute Gasteiger partial charge is 0.230 e. The van der Waals surface area contributed by atoms with Gasteiger partial charge >= 0.3 is 0 Å². The van der Waals surface area contributed by atoms with Crippen LogP contribution in [0.15, 0.2) is 42.6 Å². The molecule has 0 atom stereocenters. The molecule has 6 heteroatoms. The van der Waals surface area contributed by atoms with Crippen LogP contribution in [-0.4, -0.2) is 22.3 Å². The Kier molecular flexibility index (Phi) is 5.71. The van der Waals surface area contributed by atoms with E-state index in [0.717, 1.165) is 23.5 Å². The van der Waals surface area contributed by atoms with Crippen LogP contribution in [0.2, 0.25) is 5.02 Å². The molecule has 2 heterocycles. The predicted octanol–water partition coefficient (Wildman–Crippen LogP) is 4.75.